The number of aryl methyl sites for hydroxylation is 1. The van der Waals surface area contributed by atoms with Gasteiger partial charge in [0.2, 0.25) is 5.91 Å². The molecular formula is C29H32F2N2O3S. The van der Waals surface area contributed by atoms with Crippen LogP contribution in [0.4, 0.5) is 8.78 Å². The molecule has 0 saturated carbocycles. The number of nitrogens with two attached hydrogens (primary N) is 1. The summed E-state index contributed by atoms with van der Waals surface area (Å²) < 4.78 is 45.0. The third-order valence-electron chi connectivity index (χ3n) is 7.01. The van der Waals surface area contributed by atoms with Gasteiger partial charge in [-0.3, -0.25) is 9.00 Å². The molecule has 3 aromatic rings. The maximum absolute atomic E-state index is 13.6. The largest absolute Gasteiger partial charge is 0.494 e. The number of piperidine rings is 1. The van der Waals surface area contributed by atoms with Crippen molar-refractivity contribution >= 4 is 16.7 Å². The molecule has 1 saturated heterocycles. The smallest absolute Gasteiger partial charge is 0.236 e. The number of halogens is 2. The third kappa shape index (κ3) is 6.25. The minimum absolute atomic E-state index is 0.482. The van der Waals surface area contributed by atoms with Gasteiger partial charge >= 0.3 is 0 Å². The normalized spacial score (nSPS) is 16.3. The molecule has 2 N–H and O–H groups in total. The van der Waals surface area contributed by atoms with E-state index in [1.165, 1.54) is 6.07 Å². The van der Waals surface area contributed by atoms with E-state index >= 15 is 0 Å². The molecule has 1 fully saturated rings. The first-order chi connectivity index (χ1) is 17.8. The van der Waals surface area contributed by atoms with Crippen LogP contribution in [0.3, 0.4) is 0 Å². The summed E-state index contributed by atoms with van der Waals surface area (Å²) in [7, 11) is -1.54. The van der Waals surface area contributed by atoms with Gasteiger partial charge in [0.05, 0.1) is 17.4 Å². The van der Waals surface area contributed by atoms with Crippen molar-refractivity contribution in [1.29, 1.82) is 0 Å². The van der Waals surface area contributed by atoms with Crippen LogP contribution in [0.1, 0.15) is 31.7 Å². The zero-order valence-electron chi connectivity index (χ0n) is 20.9. The van der Waals surface area contributed by atoms with E-state index in [0.717, 1.165) is 36.6 Å². The lowest BCUT2D eigenvalue weighted by molar-refractivity contribution is -0.121. The van der Waals surface area contributed by atoms with Crippen molar-refractivity contribution in [2.45, 2.75) is 42.2 Å². The van der Waals surface area contributed by atoms with Gasteiger partial charge < -0.3 is 15.4 Å². The second kappa shape index (κ2) is 12.0. The van der Waals surface area contributed by atoms with Gasteiger partial charge in [0.1, 0.15) is 10.5 Å². The number of carbonyl (C=O) groups is 1. The Balaban J connectivity index is 1.31. The predicted octanol–water partition coefficient (Wildman–Crippen LogP) is 5.09. The summed E-state index contributed by atoms with van der Waals surface area (Å²) in [4.78, 5) is 15.1. The number of hydrogen-bond donors (Lipinski definition) is 1. The fourth-order valence-corrected chi connectivity index (χ4v) is 6.26. The van der Waals surface area contributed by atoms with Gasteiger partial charge in [0.25, 0.3) is 0 Å². The molecule has 0 bridgehead atoms. The van der Waals surface area contributed by atoms with Crippen LogP contribution in [0.5, 0.6) is 5.75 Å². The Morgan fingerprint density at radius 2 is 1.70 bits per heavy atom. The number of rotatable bonds is 10. The summed E-state index contributed by atoms with van der Waals surface area (Å²) in [6, 6.07) is 18.7. The van der Waals surface area contributed by atoms with Gasteiger partial charge in [-0.25, -0.2) is 8.78 Å². The van der Waals surface area contributed by atoms with E-state index < -0.39 is 33.1 Å². The maximum Gasteiger partial charge on any atom is 0.236 e. The molecule has 0 aromatic heterocycles. The van der Waals surface area contributed by atoms with Crippen LogP contribution in [-0.2, 0) is 22.0 Å². The van der Waals surface area contributed by atoms with E-state index in [2.05, 4.69) is 11.8 Å². The Morgan fingerprint density at radius 3 is 2.35 bits per heavy atom. The molecule has 8 heteroatoms. The molecule has 37 heavy (non-hydrogen) atoms. The van der Waals surface area contributed by atoms with Gasteiger partial charge in [0, 0.05) is 18.0 Å². The highest BCUT2D eigenvalue weighted by atomic mass is 32.2. The van der Waals surface area contributed by atoms with E-state index in [4.69, 9.17) is 10.5 Å². The van der Waals surface area contributed by atoms with Crippen molar-refractivity contribution in [2.75, 3.05) is 26.2 Å². The Bertz CT molecular complexity index is 1260. The van der Waals surface area contributed by atoms with Gasteiger partial charge in [-0.2, -0.15) is 0 Å². The fourth-order valence-electron chi connectivity index (χ4n) is 4.69. The molecule has 5 nitrogen and oxygen atoms in total. The molecule has 4 rings (SSSR count). The molecule has 0 aliphatic carbocycles. The molecular weight excluding hydrogens is 494 g/mol. The number of carbonyl (C=O) groups excluding carboxylic acids is 1. The summed E-state index contributed by atoms with van der Waals surface area (Å²) >= 11 is 0. The number of likely N-dealkylation sites (tertiary alicyclic amines) is 1. The topological polar surface area (TPSA) is 72.6 Å². The zero-order chi connectivity index (χ0) is 26.4. The fraction of sp³-hybridized carbons (Fsp3) is 0.345. The standard InChI is InChI=1S/C29H32F2N2O3S/c1-2-33-16-14-29(15-17-33,28(32)34)37(35)25-11-9-24(10-12-25)36-18-4-6-21-5-3-7-22(19-21)23-8-13-26(30)27(31)20-23/h3,5,7-13,19-20H,2,4,6,14-18H2,1H3,(H2,32,34). The second-order valence-corrected chi connectivity index (χ2v) is 11.1. The van der Waals surface area contributed by atoms with E-state index in [1.54, 1.807) is 30.3 Å². The molecule has 196 valence electrons. The van der Waals surface area contributed by atoms with E-state index in [-0.39, 0.29) is 0 Å². The van der Waals surface area contributed by atoms with Crippen molar-refractivity contribution in [3.63, 3.8) is 0 Å². The number of benzene rings is 3. The van der Waals surface area contributed by atoms with Crippen molar-refractivity contribution in [3.8, 4) is 16.9 Å². The molecule has 1 amide bonds. The third-order valence-corrected chi connectivity index (χ3v) is 9.03. The highest BCUT2D eigenvalue weighted by molar-refractivity contribution is 7.87. The number of amides is 1. The van der Waals surface area contributed by atoms with E-state index in [0.29, 0.717) is 48.7 Å². The lowest BCUT2D eigenvalue weighted by Crippen LogP contribution is -2.54. The van der Waals surface area contributed by atoms with Gasteiger partial charge in [0.15, 0.2) is 11.6 Å². The Hall–Kier alpha value is -3.10. The quantitative estimate of drug-likeness (QED) is 0.374. The van der Waals surface area contributed by atoms with Crippen LogP contribution in [-0.4, -0.2) is 46.0 Å². The Labute approximate surface area is 219 Å². The number of ether oxygens (including phenoxy) is 1. The molecule has 1 aliphatic rings. The second-order valence-electron chi connectivity index (χ2n) is 9.31. The highest BCUT2D eigenvalue weighted by Gasteiger charge is 2.45. The average Bonchev–Trinajstić information content (AvgIpc) is 2.92. The number of primary amides is 1. The molecule has 1 heterocycles. The van der Waals surface area contributed by atoms with Crippen molar-refractivity contribution < 1.29 is 22.5 Å². The Kier molecular flexibility index (Phi) is 8.71. The maximum atomic E-state index is 13.6. The van der Waals surface area contributed by atoms with Gasteiger partial charge in [-0.05, 0) is 85.3 Å². The van der Waals surface area contributed by atoms with Crippen LogP contribution in [0.15, 0.2) is 71.6 Å². The predicted molar refractivity (Wildman–Crippen MR) is 142 cm³/mol. The SMILES string of the molecule is CCN1CCC(C(N)=O)(S(=O)c2ccc(OCCCc3cccc(-c4ccc(F)c(F)c4)c3)cc2)CC1. The number of nitrogens with zero attached hydrogens (tertiary/aromatic N) is 1. The highest BCUT2D eigenvalue weighted by Crippen LogP contribution is 2.33. The van der Waals surface area contributed by atoms with Crippen molar-refractivity contribution in [3.05, 3.63) is 83.9 Å². The Morgan fingerprint density at radius 1 is 1.00 bits per heavy atom. The van der Waals surface area contributed by atoms with E-state index in [9.17, 15) is 17.8 Å². The minimum atomic E-state index is -1.54. The minimum Gasteiger partial charge on any atom is -0.494 e. The molecule has 1 aliphatic heterocycles. The van der Waals surface area contributed by atoms with Crippen LogP contribution in [0.2, 0.25) is 0 Å². The first-order valence-electron chi connectivity index (χ1n) is 12.5. The average molecular weight is 527 g/mol. The van der Waals surface area contributed by atoms with Gasteiger partial charge in [-0.1, -0.05) is 37.3 Å². The summed E-state index contributed by atoms with van der Waals surface area (Å²) in [5, 5.41) is 0. The lowest BCUT2D eigenvalue weighted by atomic mass is 9.95. The number of hydrogen-bond acceptors (Lipinski definition) is 4. The van der Waals surface area contributed by atoms with Crippen LogP contribution in [0.25, 0.3) is 11.1 Å². The first kappa shape index (κ1) is 26.9. The monoisotopic (exact) mass is 526 g/mol. The van der Waals surface area contributed by atoms with E-state index in [1.807, 2.05) is 24.3 Å². The summed E-state index contributed by atoms with van der Waals surface area (Å²) in [5.74, 6) is -1.57. The summed E-state index contributed by atoms with van der Waals surface area (Å²) in [5.41, 5.74) is 8.26. The zero-order valence-corrected chi connectivity index (χ0v) is 21.7. The van der Waals surface area contributed by atoms with Crippen LogP contribution < -0.4 is 10.5 Å². The van der Waals surface area contributed by atoms with Crippen molar-refractivity contribution in [2.24, 2.45) is 5.73 Å². The van der Waals surface area contributed by atoms with Crippen molar-refractivity contribution in [1.82, 2.24) is 4.90 Å². The summed E-state index contributed by atoms with van der Waals surface area (Å²) in [6.45, 7) is 4.86. The lowest BCUT2D eigenvalue weighted by Gasteiger charge is -2.38. The molecule has 1 atom stereocenters. The summed E-state index contributed by atoms with van der Waals surface area (Å²) in [6.07, 6.45) is 2.49. The first-order valence-corrected chi connectivity index (χ1v) is 13.7. The molecule has 0 spiro atoms. The van der Waals surface area contributed by atoms with Crippen LogP contribution >= 0.6 is 0 Å². The molecule has 0 radical (unpaired) electrons. The molecule has 3 aromatic carbocycles. The van der Waals surface area contributed by atoms with Crippen LogP contribution in [0, 0.1) is 11.6 Å². The van der Waals surface area contributed by atoms with Gasteiger partial charge in [-0.15, -0.1) is 0 Å². The molecule has 1 unspecified atom stereocenters.